The number of hydrogen-bond donors (Lipinski definition) is 2. The number of aryl methyl sites for hydroxylation is 2. The van der Waals surface area contributed by atoms with E-state index in [1.165, 1.54) is 30.4 Å². The Morgan fingerprint density at radius 1 is 1.00 bits per heavy atom. The maximum Gasteiger partial charge on any atom is 0.121 e. The molecule has 1 aliphatic rings. The fourth-order valence-electron chi connectivity index (χ4n) is 3.56. The third-order valence-electron chi connectivity index (χ3n) is 4.72. The largest absolute Gasteiger partial charge is 0.374 e. The van der Waals surface area contributed by atoms with E-state index in [0.717, 1.165) is 34.3 Å². The monoisotopic (exact) mass is 354 g/mol. The molecule has 130 valence electrons. The zero-order valence-electron chi connectivity index (χ0n) is 14.3. The Hall–Kier alpha value is -2.10. The number of halogens is 1. The van der Waals surface area contributed by atoms with E-state index in [1.54, 1.807) is 6.92 Å². The van der Waals surface area contributed by atoms with Crippen LogP contribution in [0, 0.1) is 0 Å². The standard InChI is InChI=1S/C21H22N2O.ClH/c1-14(24)22-21-13-20(23-19-9-5-4-8-18(19)21)17-11-10-15-6-2-3-7-16(15)12-17;/h4-5,8-14,24H,2-3,6-7H2,1H3,(H,22,23);1H. The third-order valence-corrected chi connectivity index (χ3v) is 4.72. The first-order valence-electron chi connectivity index (χ1n) is 8.67. The van der Waals surface area contributed by atoms with Crippen molar-refractivity contribution >= 4 is 29.0 Å². The molecule has 1 heterocycles. The number of anilines is 1. The highest BCUT2D eigenvalue weighted by molar-refractivity contribution is 5.93. The van der Waals surface area contributed by atoms with E-state index in [9.17, 15) is 5.11 Å². The number of para-hydroxylation sites is 1. The Morgan fingerprint density at radius 2 is 1.76 bits per heavy atom. The summed E-state index contributed by atoms with van der Waals surface area (Å²) in [5.74, 6) is 0. The van der Waals surface area contributed by atoms with Crippen LogP contribution in [-0.2, 0) is 12.8 Å². The summed E-state index contributed by atoms with van der Waals surface area (Å²) >= 11 is 0. The van der Waals surface area contributed by atoms with Crippen LogP contribution in [-0.4, -0.2) is 16.3 Å². The molecule has 3 aromatic rings. The highest BCUT2D eigenvalue weighted by Crippen LogP contribution is 2.31. The lowest BCUT2D eigenvalue weighted by Gasteiger charge is -2.17. The van der Waals surface area contributed by atoms with Crippen molar-refractivity contribution in [3.8, 4) is 11.3 Å². The van der Waals surface area contributed by atoms with Gasteiger partial charge in [-0.2, -0.15) is 0 Å². The molecule has 1 atom stereocenters. The van der Waals surface area contributed by atoms with Crippen LogP contribution in [0.3, 0.4) is 0 Å². The number of aliphatic hydroxyl groups excluding tert-OH is 1. The third kappa shape index (κ3) is 3.63. The van der Waals surface area contributed by atoms with E-state index in [0.29, 0.717) is 0 Å². The van der Waals surface area contributed by atoms with Crippen molar-refractivity contribution in [2.75, 3.05) is 5.32 Å². The number of aliphatic hydroxyl groups is 1. The summed E-state index contributed by atoms with van der Waals surface area (Å²) in [7, 11) is 0. The fourth-order valence-corrected chi connectivity index (χ4v) is 3.56. The first kappa shape index (κ1) is 17.7. The number of hydrogen-bond acceptors (Lipinski definition) is 3. The number of nitrogens with zero attached hydrogens (tertiary/aromatic N) is 1. The number of aromatic nitrogens is 1. The van der Waals surface area contributed by atoms with Crippen LogP contribution in [0.1, 0.15) is 30.9 Å². The van der Waals surface area contributed by atoms with Crippen molar-refractivity contribution < 1.29 is 5.11 Å². The van der Waals surface area contributed by atoms with Gasteiger partial charge in [-0.1, -0.05) is 30.3 Å². The molecule has 1 unspecified atom stereocenters. The maximum atomic E-state index is 9.75. The van der Waals surface area contributed by atoms with Crippen LogP contribution in [0.25, 0.3) is 22.2 Å². The van der Waals surface area contributed by atoms with E-state index < -0.39 is 6.23 Å². The molecular weight excluding hydrogens is 332 g/mol. The van der Waals surface area contributed by atoms with E-state index in [4.69, 9.17) is 4.98 Å². The van der Waals surface area contributed by atoms with Crippen LogP contribution < -0.4 is 5.32 Å². The lowest BCUT2D eigenvalue weighted by Crippen LogP contribution is -2.13. The van der Waals surface area contributed by atoms with Gasteiger partial charge in [0.1, 0.15) is 6.23 Å². The summed E-state index contributed by atoms with van der Waals surface area (Å²) in [6.07, 6.45) is 4.32. The highest BCUT2D eigenvalue weighted by Gasteiger charge is 2.13. The minimum Gasteiger partial charge on any atom is -0.374 e. The second kappa shape index (κ2) is 7.42. The second-order valence-corrected chi connectivity index (χ2v) is 6.58. The first-order chi connectivity index (χ1) is 11.7. The molecule has 4 heteroatoms. The van der Waals surface area contributed by atoms with Crippen molar-refractivity contribution in [2.24, 2.45) is 0 Å². The van der Waals surface area contributed by atoms with E-state index in [2.05, 4.69) is 23.5 Å². The summed E-state index contributed by atoms with van der Waals surface area (Å²) in [6.45, 7) is 1.73. The topological polar surface area (TPSA) is 45.1 Å². The Kier molecular flexibility index (Phi) is 5.26. The summed E-state index contributed by atoms with van der Waals surface area (Å²) < 4.78 is 0. The molecule has 3 nitrogen and oxygen atoms in total. The van der Waals surface area contributed by atoms with Crippen molar-refractivity contribution in [3.05, 3.63) is 59.7 Å². The molecule has 0 spiro atoms. The van der Waals surface area contributed by atoms with Gasteiger partial charge in [-0.3, -0.25) is 0 Å². The normalized spacial score (nSPS) is 14.5. The molecule has 1 aromatic heterocycles. The quantitative estimate of drug-likeness (QED) is 0.654. The van der Waals surface area contributed by atoms with Crippen LogP contribution in [0.4, 0.5) is 5.69 Å². The molecule has 2 aromatic carbocycles. The molecule has 2 N–H and O–H groups in total. The predicted molar refractivity (Wildman–Crippen MR) is 106 cm³/mol. The molecule has 0 radical (unpaired) electrons. The van der Waals surface area contributed by atoms with Gasteiger partial charge in [0, 0.05) is 16.6 Å². The highest BCUT2D eigenvalue weighted by atomic mass is 35.5. The number of pyridine rings is 1. The van der Waals surface area contributed by atoms with Crippen molar-refractivity contribution in [1.82, 2.24) is 4.98 Å². The summed E-state index contributed by atoms with van der Waals surface area (Å²) in [5, 5.41) is 13.9. The molecule has 0 bridgehead atoms. The van der Waals surface area contributed by atoms with Gasteiger partial charge in [0.25, 0.3) is 0 Å². The smallest absolute Gasteiger partial charge is 0.121 e. The average molecular weight is 355 g/mol. The van der Waals surface area contributed by atoms with Gasteiger partial charge in [0.2, 0.25) is 0 Å². The van der Waals surface area contributed by atoms with Gasteiger partial charge < -0.3 is 10.4 Å². The minimum atomic E-state index is -0.604. The average Bonchev–Trinajstić information content (AvgIpc) is 2.61. The van der Waals surface area contributed by atoms with Gasteiger partial charge in [0.15, 0.2) is 0 Å². The predicted octanol–water partition coefficient (Wildman–Crippen LogP) is 4.95. The lowest BCUT2D eigenvalue weighted by molar-refractivity contribution is 0.224. The van der Waals surface area contributed by atoms with E-state index in [1.807, 2.05) is 30.3 Å². The minimum absolute atomic E-state index is 0. The molecular formula is C21H23ClN2O. The van der Waals surface area contributed by atoms with E-state index >= 15 is 0 Å². The SMILES string of the molecule is CC(O)Nc1cc(-c2ccc3c(c2)CCCC3)nc2ccccc12.Cl. The molecule has 0 saturated carbocycles. The van der Waals surface area contributed by atoms with Gasteiger partial charge in [0.05, 0.1) is 11.2 Å². The van der Waals surface area contributed by atoms with Crippen molar-refractivity contribution in [1.29, 1.82) is 0 Å². The maximum absolute atomic E-state index is 9.75. The zero-order valence-corrected chi connectivity index (χ0v) is 15.1. The first-order valence-corrected chi connectivity index (χ1v) is 8.67. The summed E-state index contributed by atoms with van der Waals surface area (Å²) in [4.78, 5) is 4.84. The number of benzene rings is 2. The summed E-state index contributed by atoms with van der Waals surface area (Å²) in [5.41, 5.74) is 6.89. The molecule has 0 saturated heterocycles. The zero-order chi connectivity index (χ0) is 16.5. The Labute approximate surface area is 154 Å². The van der Waals surface area contributed by atoms with Crippen molar-refractivity contribution in [3.63, 3.8) is 0 Å². The Balaban J connectivity index is 0.00000182. The van der Waals surface area contributed by atoms with Gasteiger partial charge >= 0.3 is 0 Å². The Morgan fingerprint density at radius 3 is 2.56 bits per heavy atom. The van der Waals surface area contributed by atoms with Gasteiger partial charge in [-0.15, -0.1) is 12.4 Å². The molecule has 1 aliphatic carbocycles. The van der Waals surface area contributed by atoms with Crippen molar-refractivity contribution in [2.45, 2.75) is 38.8 Å². The van der Waals surface area contributed by atoms with Crippen LogP contribution in [0.15, 0.2) is 48.5 Å². The number of nitrogens with one attached hydrogen (secondary N) is 1. The van der Waals surface area contributed by atoms with E-state index in [-0.39, 0.29) is 12.4 Å². The van der Waals surface area contributed by atoms with Crippen LogP contribution in [0.2, 0.25) is 0 Å². The number of rotatable bonds is 3. The number of fused-ring (bicyclic) bond motifs is 2. The molecule has 0 aliphatic heterocycles. The Bertz CT molecular complexity index is 892. The summed E-state index contributed by atoms with van der Waals surface area (Å²) in [6, 6.07) is 16.8. The fraction of sp³-hybridized carbons (Fsp3) is 0.286. The molecule has 0 fully saturated rings. The molecule has 0 amide bonds. The van der Waals surface area contributed by atoms with Gasteiger partial charge in [-0.25, -0.2) is 4.98 Å². The molecule has 25 heavy (non-hydrogen) atoms. The van der Waals surface area contributed by atoms with Crippen LogP contribution in [0.5, 0.6) is 0 Å². The lowest BCUT2D eigenvalue weighted by atomic mass is 9.90. The second-order valence-electron chi connectivity index (χ2n) is 6.58. The van der Waals surface area contributed by atoms with Gasteiger partial charge in [-0.05, 0) is 61.9 Å². The van der Waals surface area contributed by atoms with Crippen LogP contribution >= 0.6 is 12.4 Å². The molecule has 4 rings (SSSR count).